The normalized spacial score (nSPS) is 19.8. The monoisotopic (exact) mass is 378 g/mol. The zero-order chi connectivity index (χ0) is 20.0. The van der Waals surface area contributed by atoms with Crippen LogP contribution in [0.5, 0.6) is 0 Å². The Morgan fingerprint density at radius 2 is 1.28 bits per heavy atom. The third-order valence-electron chi connectivity index (χ3n) is 6.40. The van der Waals surface area contributed by atoms with Crippen molar-refractivity contribution in [1.29, 1.82) is 0 Å². The van der Waals surface area contributed by atoms with E-state index in [0.29, 0.717) is 0 Å². The smallest absolute Gasteiger partial charge is 0.112 e. The SMILES string of the molecule is CC1=C2C=CC(c3ccccc3)(c3ccccc3)N2C(C)N1c1ccccc1C. The summed E-state index contributed by atoms with van der Waals surface area (Å²) < 4.78 is 0. The van der Waals surface area contributed by atoms with Gasteiger partial charge >= 0.3 is 0 Å². The molecule has 1 unspecified atom stereocenters. The fourth-order valence-electron chi connectivity index (χ4n) is 5.10. The molecule has 2 aliphatic rings. The van der Waals surface area contributed by atoms with Crippen molar-refractivity contribution < 1.29 is 0 Å². The van der Waals surface area contributed by atoms with E-state index in [4.69, 9.17) is 0 Å². The zero-order valence-corrected chi connectivity index (χ0v) is 17.2. The summed E-state index contributed by atoms with van der Waals surface area (Å²) in [6.07, 6.45) is 4.88. The molecule has 0 saturated carbocycles. The van der Waals surface area contributed by atoms with Crippen molar-refractivity contribution in [2.45, 2.75) is 32.5 Å². The molecule has 5 rings (SSSR count). The highest BCUT2D eigenvalue weighted by Gasteiger charge is 2.50. The Morgan fingerprint density at radius 1 is 0.724 bits per heavy atom. The second-order valence-electron chi connectivity index (χ2n) is 7.96. The van der Waals surface area contributed by atoms with Gasteiger partial charge in [-0.05, 0) is 55.7 Å². The minimum atomic E-state index is -0.310. The summed E-state index contributed by atoms with van der Waals surface area (Å²) in [5.41, 5.74) is 7.46. The number of fused-ring (bicyclic) bond motifs is 1. The minimum absolute atomic E-state index is 0.196. The van der Waals surface area contributed by atoms with Gasteiger partial charge in [-0.15, -0.1) is 0 Å². The lowest BCUT2D eigenvalue weighted by atomic mass is 9.82. The molecule has 2 aliphatic heterocycles. The molecule has 3 aromatic rings. The summed E-state index contributed by atoms with van der Waals surface area (Å²) >= 11 is 0. The first-order valence-electron chi connectivity index (χ1n) is 10.3. The predicted molar refractivity (Wildman–Crippen MR) is 120 cm³/mol. The van der Waals surface area contributed by atoms with Gasteiger partial charge in [-0.2, -0.15) is 0 Å². The van der Waals surface area contributed by atoms with Gasteiger partial charge in [-0.1, -0.05) is 78.9 Å². The first-order chi connectivity index (χ1) is 14.1. The molecule has 3 aromatic carbocycles. The van der Waals surface area contributed by atoms with E-state index in [2.05, 4.69) is 128 Å². The predicted octanol–water partition coefficient (Wildman–Crippen LogP) is 6.21. The second kappa shape index (κ2) is 6.66. The maximum atomic E-state index is 2.58. The van der Waals surface area contributed by atoms with Crippen LogP contribution in [0.3, 0.4) is 0 Å². The van der Waals surface area contributed by atoms with Crippen molar-refractivity contribution >= 4 is 5.69 Å². The van der Waals surface area contributed by atoms with Gasteiger partial charge in [0.05, 0.1) is 5.70 Å². The number of aryl methyl sites for hydroxylation is 1. The molecule has 2 heteroatoms. The topological polar surface area (TPSA) is 6.48 Å². The third-order valence-corrected chi connectivity index (χ3v) is 6.40. The number of nitrogens with zero attached hydrogens (tertiary/aromatic N) is 2. The van der Waals surface area contributed by atoms with Crippen molar-refractivity contribution in [2.24, 2.45) is 0 Å². The fraction of sp³-hybridized carbons (Fsp3) is 0.185. The van der Waals surface area contributed by atoms with Crippen LogP contribution in [0.1, 0.15) is 30.5 Å². The van der Waals surface area contributed by atoms with Crippen molar-refractivity contribution in [3.63, 3.8) is 0 Å². The molecule has 1 atom stereocenters. The van der Waals surface area contributed by atoms with E-state index < -0.39 is 0 Å². The molecule has 29 heavy (non-hydrogen) atoms. The summed E-state index contributed by atoms with van der Waals surface area (Å²) in [6, 6.07) is 30.4. The fourth-order valence-corrected chi connectivity index (χ4v) is 5.10. The minimum Gasteiger partial charge on any atom is -0.332 e. The van der Waals surface area contributed by atoms with Gasteiger partial charge in [0.1, 0.15) is 11.7 Å². The average Bonchev–Trinajstić information content (AvgIpc) is 3.28. The molecule has 0 amide bonds. The highest BCUT2D eigenvalue weighted by atomic mass is 15.4. The van der Waals surface area contributed by atoms with Crippen LogP contribution in [-0.4, -0.2) is 11.1 Å². The molecule has 144 valence electrons. The Balaban J connectivity index is 1.72. The summed E-state index contributed by atoms with van der Waals surface area (Å²) in [7, 11) is 0. The molecule has 0 radical (unpaired) electrons. The Bertz CT molecular complexity index is 1060. The maximum Gasteiger partial charge on any atom is 0.112 e. The Morgan fingerprint density at radius 3 is 1.86 bits per heavy atom. The standard InChI is InChI=1S/C27H26N2/c1-20-12-10-11-17-25(20)28-21(2)26-18-19-27(29(26)22(28)3,23-13-6-4-7-14-23)24-15-8-5-9-16-24/h4-19,22H,1-3H3. The molecular weight excluding hydrogens is 352 g/mol. The number of benzene rings is 3. The van der Waals surface area contributed by atoms with Gasteiger partial charge in [0, 0.05) is 11.4 Å². The molecule has 0 aliphatic carbocycles. The van der Waals surface area contributed by atoms with Gasteiger partial charge in [0.2, 0.25) is 0 Å². The first kappa shape index (κ1) is 17.8. The van der Waals surface area contributed by atoms with Crippen molar-refractivity contribution in [3.05, 3.63) is 125 Å². The lowest BCUT2D eigenvalue weighted by Crippen LogP contribution is -2.49. The van der Waals surface area contributed by atoms with Crippen LogP contribution in [0, 0.1) is 6.92 Å². The quantitative estimate of drug-likeness (QED) is 0.535. The lowest BCUT2D eigenvalue weighted by molar-refractivity contribution is 0.201. The van der Waals surface area contributed by atoms with E-state index in [9.17, 15) is 0 Å². The highest BCUT2D eigenvalue weighted by Crippen LogP contribution is 2.51. The van der Waals surface area contributed by atoms with Crippen molar-refractivity contribution in [1.82, 2.24) is 4.90 Å². The Hall–Kier alpha value is -3.26. The van der Waals surface area contributed by atoms with E-state index in [0.717, 1.165) is 0 Å². The molecule has 0 fully saturated rings. The van der Waals surface area contributed by atoms with Gasteiger partial charge in [-0.3, -0.25) is 0 Å². The number of para-hydroxylation sites is 1. The van der Waals surface area contributed by atoms with Gasteiger partial charge in [0.25, 0.3) is 0 Å². The van der Waals surface area contributed by atoms with Gasteiger partial charge in [0.15, 0.2) is 0 Å². The number of anilines is 1. The van der Waals surface area contributed by atoms with E-state index in [1.54, 1.807) is 0 Å². The third kappa shape index (κ3) is 2.49. The van der Waals surface area contributed by atoms with Crippen LogP contribution < -0.4 is 4.90 Å². The highest BCUT2D eigenvalue weighted by molar-refractivity contribution is 5.64. The molecule has 2 nitrogen and oxygen atoms in total. The molecule has 0 N–H and O–H groups in total. The summed E-state index contributed by atoms with van der Waals surface area (Å²) in [5, 5.41) is 0. The maximum absolute atomic E-state index is 2.58. The lowest BCUT2D eigenvalue weighted by Gasteiger charge is -2.44. The number of rotatable bonds is 3. The van der Waals surface area contributed by atoms with E-state index >= 15 is 0 Å². The van der Waals surface area contributed by atoms with Crippen molar-refractivity contribution in [2.75, 3.05) is 4.90 Å². The van der Waals surface area contributed by atoms with E-state index in [1.165, 1.54) is 33.8 Å². The molecule has 0 saturated heterocycles. The van der Waals surface area contributed by atoms with Crippen LogP contribution in [0.25, 0.3) is 0 Å². The largest absolute Gasteiger partial charge is 0.332 e. The van der Waals surface area contributed by atoms with E-state index in [-0.39, 0.29) is 11.7 Å². The summed E-state index contributed by atoms with van der Waals surface area (Å²) in [5.74, 6) is 0. The van der Waals surface area contributed by atoms with Gasteiger partial charge < -0.3 is 9.80 Å². The number of hydrogen-bond donors (Lipinski definition) is 0. The summed E-state index contributed by atoms with van der Waals surface area (Å²) in [4.78, 5) is 5.06. The molecule has 0 bridgehead atoms. The average molecular weight is 379 g/mol. The molecular formula is C27H26N2. The van der Waals surface area contributed by atoms with Crippen LogP contribution in [0.4, 0.5) is 5.69 Å². The summed E-state index contributed by atoms with van der Waals surface area (Å²) in [6.45, 7) is 6.76. The van der Waals surface area contributed by atoms with Crippen LogP contribution >= 0.6 is 0 Å². The van der Waals surface area contributed by atoms with Gasteiger partial charge in [-0.25, -0.2) is 0 Å². The molecule has 2 heterocycles. The van der Waals surface area contributed by atoms with Crippen LogP contribution in [0.2, 0.25) is 0 Å². The molecule has 0 aromatic heterocycles. The second-order valence-corrected chi connectivity index (χ2v) is 7.96. The van der Waals surface area contributed by atoms with E-state index in [1.807, 2.05) is 0 Å². The van der Waals surface area contributed by atoms with Crippen LogP contribution in [-0.2, 0) is 5.54 Å². The number of hydrogen-bond acceptors (Lipinski definition) is 2. The van der Waals surface area contributed by atoms with Crippen LogP contribution in [0.15, 0.2) is 108 Å². The first-order valence-corrected chi connectivity index (χ1v) is 10.3. The molecule has 0 spiro atoms. The Labute approximate surface area is 173 Å². The zero-order valence-electron chi connectivity index (χ0n) is 17.2. The van der Waals surface area contributed by atoms with Crippen molar-refractivity contribution in [3.8, 4) is 0 Å². The number of allylic oxidation sites excluding steroid dienone is 2. The Kier molecular flexibility index (Phi) is 4.09.